The first-order valence-corrected chi connectivity index (χ1v) is 13.0. The summed E-state index contributed by atoms with van der Waals surface area (Å²) in [5, 5.41) is 12.7. The molecule has 3 aliphatic rings. The molecule has 3 unspecified atom stereocenters. The van der Waals surface area contributed by atoms with Crippen molar-refractivity contribution < 1.29 is 29.0 Å². The van der Waals surface area contributed by atoms with E-state index in [2.05, 4.69) is 0 Å². The van der Waals surface area contributed by atoms with Crippen LogP contribution >= 0.6 is 0 Å². The normalized spacial score (nSPS) is 25.4. The average Bonchev–Trinajstić information content (AvgIpc) is 3.35. The van der Waals surface area contributed by atoms with Gasteiger partial charge in [0.15, 0.2) is 16.9 Å². The number of imide groups is 1. The SMILES string of the molecule is CCOC(=O)C1=C(c2ccccc2)N(Cc2ccccc2)C2(O)C=CC(=O)C3C(=O)N(c4ccccc4)C(=O)C132. The van der Waals surface area contributed by atoms with Gasteiger partial charge in [0, 0.05) is 6.54 Å². The lowest BCUT2D eigenvalue weighted by Crippen LogP contribution is -2.63. The van der Waals surface area contributed by atoms with Crippen molar-refractivity contribution in [3.63, 3.8) is 0 Å². The molecule has 1 fully saturated rings. The second-order valence-electron chi connectivity index (χ2n) is 9.90. The van der Waals surface area contributed by atoms with Crippen molar-refractivity contribution in [2.45, 2.75) is 19.2 Å². The summed E-state index contributed by atoms with van der Waals surface area (Å²) in [5.74, 6) is -4.88. The highest BCUT2D eigenvalue weighted by Gasteiger charge is 2.80. The Morgan fingerprint density at radius 1 is 0.900 bits per heavy atom. The van der Waals surface area contributed by atoms with Crippen molar-refractivity contribution >= 4 is 35.0 Å². The van der Waals surface area contributed by atoms with Gasteiger partial charge in [-0.1, -0.05) is 78.9 Å². The number of allylic oxidation sites excluding steroid dienone is 1. The molecule has 3 aromatic carbocycles. The van der Waals surface area contributed by atoms with E-state index in [4.69, 9.17) is 4.74 Å². The van der Waals surface area contributed by atoms with E-state index in [1.54, 1.807) is 72.5 Å². The van der Waals surface area contributed by atoms with Crippen LogP contribution in [0.3, 0.4) is 0 Å². The Labute approximate surface area is 230 Å². The maximum Gasteiger partial charge on any atom is 0.337 e. The van der Waals surface area contributed by atoms with Gasteiger partial charge in [-0.3, -0.25) is 14.4 Å². The van der Waals surface area contributed by atoms with E-state index in [0.717, 1.165) is 16.5 Å². The predicted molar refractivity (Wildman–Crippen MR) is 146 cm³/mol. The van der Waals surface area contributed by atoms with Crippen LogP contribution < -0.4 is 4.90 Å². The van der Waals surface area contributed by atoms with Gasteiger partial charge in [0.2, 0.25) is 5.91 Å². The van der Waals surface area contributed by atoms with Gasteiger partial charge in [-0.2, -0.15) is 0 Å². The van der Waals surface area contributed by atoms with Gasteiger partial charge in [0.05, 0.1) is 23.6 Å². The smallest absolute Gasteiger partial charge is 0.337 e. The van der Waals surface area contributed by atoms with Gasteiger partial charge in [0.1, 0.15) is 5.92 Å². The Balaban J connectivity index is 1.70. The number of hydrogen-bond acceptors (Lipinski definition) is 7. The number of esters is 1. The molecule has 6 rings (SSSR count). The van der Waals surface area contributed by atoms with Gasteiger partial charge < -0.3 is 14.7 Å². The third-order valence-corrected chi connectivity index (χ3v) is 7.82. The molecule has 3 aromatic rings. The number of ether oxygens (including phenoxy) is 1. The molecule has 2 heterocycles. The first-order chi connectivity index (χ1) is 19.4. The van der Waals surface area contributed by atoms with E-state index in [9.17, 15) is 24.3 Å². The number of aliphatic hydroxyl groups is 1. The molecular weight excluding hydrogens is 508 g/mol. The highest BCUT2D eigenvalue weighted by molar-refractivity contribution is 6.35. The predicted octanol–water partition coefficient (Wildman–Crippen LogP) is 3.48. The topological polar surface area (TPSA) is 104 Å². The van der Waals surface area contributed by atoms with Gasteiger partial charge in [-0.05, 0) is 42.3 Å². The van der Waals surface area contributed by atoms with Crippen molar-refractivity contribution in [1.29, 1.82) is 0 Å². The Hall–Kier alpha value is -4.82. The number of rotatable bonds is 6. The minimum Gasteiger partial charge on any atom is -0.463 e. The van der Waals surface area contributed by atoms with Crippen LogP contribution in [-0.2, 0) is 30.5 Å². The molecular formula is C32H26N2O6. The van der Waals surface area contributed by atoms with Crippen molar-refractivity contribution in [3.8, 4) is 0 Å². The molecule has 0 radical (unpaired) electrons. The summed E-state index contributed by atoms with van der Waals surface area (Å²) in [6, 6.07) is 26.3. The van der Waals surface area contributed by atoms with Gasteiger partial charge in [-0.25, -0.2) is 9.69 Å². The van der Waals surface area contributed by atoms with Crippen molar-refractivity contribution in [2.24, 2.45) is 11.3 Å². The quantitative estimate of drug-likeness (QED) is 0.293. The number of ketones is 1. The Kier molecular flexibility index (Phi) is 6.00. The fourth-order valence-electron chi connectivity index (χ4n) is 6.22. The van der Waals surface area contributed by atoms with E-state index in [0.29, 0.717) is 5.56 Å². The van der Waals surface area contributed by atoms with Crippen LogP contribution in [0.1, 0.15) is 18.1 Å². The fourth-order valence-corrected chi connectivity index (χ4v) is 6.22. The summed E-state index contributed by atoms with van der Waals surface area (Å²) in [6.07, 6.45) is 2.38. The number of anilines is 1. The van der Waals surface area contributed by atoms with Crippen LogP contribution in [0.25, 0.3) is 5.70 Å². The van der Waals surface area contributed by atoms with Crippen LogP contribution in [0.2, 0.25) is 0 Å². The van der Waals surface area contributed by atoms with Gasteiger partial charge in [0.25, 0.3) is 5.91 Å². The number of hydrogen-bond donors (Lipinski definition) is 1. The monoisotopic (exact) mass is 534 g/mol. The fraction of sp³-hybridized carbons (Fsp3) is 0.188. The zero-order chi connectivity index (χ0) is 28.1. The van der Waals surface area contributed by atoms with Crippen molar-refractivity contribution in [2.75, 3.05) is 11.5 Å². The van der Waals surface area contributed by atoms with E-state index >= 15 is 0 Å². The standard InChI is InChI=1S/C32H26N2O6/c1-2-40-29(37)26-27(22-14-8-4-9-15-22)33(20-21-12-6-3-7-13-21)31(39)19-18-24(35)25-28(36)34(30(38)32(25,26)31)23-16-10-5-11-17-23/h3-19,25,39H,2,20H2,1H3. The Morgan fingerprint density at radius 2 is 1.50 bits per heavy atom. The molecule has 1 spiro atoms. The van der Waals surface area contributed by atoms with E-state index in [1.165, 1.54) is 6.08 Å². The number of para-hydroxylation sites is 1. The lowest BCUT2D eigenvalue weighted by molar-refractivity contribution is -0.166. The van der Waals surface area contributed by atoms with Crippen LogP contribution in [0.4, 0.5) is 5.69 Å². The molecule has 8 heteroatoms. The number of benzene rings is 3. The Bertz CT molecular complexity index is 1580. The molecule has 2 amide bonds. The molecule has 1 aliphatic carbocycles. The summed E-state index contributed by atoms with van der Waals surface area (Å²) in [7, 11) is 0. The maximum absolute atomic E-state index is 14.7. The summed E-state index contributed by atoms with van der Waals surface area (Å²) in [5.41, 5.74) is -2.96. The highest BCUT2D eigenvalue weighted by Crippen LogP contribution is 2.64. The van der Waals surface area contributed by atoms with Crippen LogP contribution in [0.15, 0.2) is 109 Å². The zero-order valence-electron chi connectivity index (χ0n) is 21.7. The molecule has 200 valence electrons. The molecule has 3 atom stereocenters. The molecule has 1 N–H and O–H groups in total. The minimum absolute atomic E-state index is 0.0173. The number of amides is 2. The van der Waals surface area contributed by atoms with E-state index < -0.39 is 40.6 Å². The second-order valence-corrected chi connectivity index (χ2v) is 9.90. The van der Waals surface area contributed by atoms with Crippen LogP contribution in [-0.4, -0.2) is 45.9 Å². The first kappa shape index (κ1) is 25.5. The van der Waals surface area contributed by atoms with Crippen LogP contribution in [0.5, 0.6) is 0 Å². The number of nitrogens with zero attached hydrogens (tertiary/aromatic N) is 2. The van der Waals surface area contributed by atoms with Crippen molar-refractivity contribution in [1.82, 2.24) is 4.90 Å². The van der Waals surface area contributed by atoms with E-state index in [1.807, 2.05) is 30.3 Å². The molecule has 8 nitrogen and oxygen atoms in total. The summed E-state index contributed by atoms with van der Waals surface area (Å²) in [6.45, 7) is 1.68. The third-order valence-electron chi connectivity index (χ3n) is 7.82. The summed E-state index contributed by atoms with van der Waals surface area (Å²) in [4.78, 5) is 58.6. The second kappa shape index (κ2) is 9.43. The summed E-state index contributed by atoms with van der Waals surface area (Å²) < 4.78 is 5.48. The molecule has 40 heavy (non-hydrogen) atoms. The van der Waals surface area contributed by atoms with E-state index in [-0.39, 0.29) is 30.1 Å². The largest absolute Gasteiger partial charge is 0.463 e. The zero-order valence-corrected chi connectivity index (χ0v) is 21.7. The van der Waals surface area contributed by atoms with Gasteiger partial charge >= 0.3 is 5.97 Å². The van der Waals surface area contributed by atoms with Crippen LogP contribution in [0, 0.1) is 11.3 Å². The highest BCUT2D eigenvalue weighted by atomic mass is 16.5. The summed E-state index contributed by atoms with van der Waals surface area (Å²) >= 11 is 0. The lowest BCUT2D eigenvalue weighted by atomic mass is 9.61. The molecule has 0 bridgehead atoms. The third kappa shape index (κ3) is 3.36. The molecule has 0 aromatic heterocycles. The number of carbonyl (C=O) groups is 4. The molecule has 1 saturated heterocycles. The number of carbonyl (C=O) groups excluding carboxylic acids is 4. The minimum atomic E-state index is -2.28. The van der Waals surface area contributed by atoms with Gasteiger partial charge in [-0.15, -0.1) is 0 Å². The molecule has 0 saturated carbocycles. The average molecular weight is 535 g/mol. The molecule has 2 aliphatic heterocycles. The van der Waals surface area contributed by atoms with Crippen molar-refractivity contribution in [3.05, 3.63) is 120 Å². The first-order valence-electron chi connectivity index (χ1n) is 13.0. The Morgan fingerprint density at radius 3 is 2.12 bits per heavy atom. The maximum atomic E-state index is 14.7. The lowest BCUT2D eigenvalue weighted by Gasteiger charge is -2.46.